The number of hydrogen-bond acceptors (Lipinski definition) is 9. The number of allylic oxidation sites excluding steroid dienone is 1. The van der Waals surface area contributed by atoms with Gasteiger partial charge in [0.05, 0.1) is 6.20 Å². The van der Waals surface area contributed by atoms with Crippen molar-refractivity contribution in [3.63, 3.8) is 0 Å². The number of carbonyl (C=O) groups excluding carboxylic acids is 1. The summed E-state index contributed by atoms with van der Waals surface area (Å²) in [7, 11) is -8.21. The van der Waals surface area contributed by atoms with Gasteiger partial charge in [0.2, 0.25) is 10.2 Å². The number of carbonyl (C=O) groups is 1. The molecule has 1 atom stereocenters. The number of primary sulfonamides is 1. The van der Waals surface area contributed by atoms with E-state index in [4.69, 9.17) is 5.14 Å². The molecule has 0 spiro atoms. The van der Waals surface area contributed by atoms with Crippen molar-refractivity contribution < 1.29 is 21.6 Å². The summed E-state index contributed by atoms with van der Waals surface area (Å²) in [6, 6.07) is 0. The third-order valence-corrected chi connectivity index (χ3v) is 8.23. The molecule has 1 aliphatic rings. The van der Waals surface area contributed by atoms with Gasteiger partial charge in [-0.25, -0.2) is 27.0 Å². The normalized spacial score (nSPS) is 21.4. The van der Waals surface area contributed by atoms with E-state index in [1.807, 2.05) is 0 Å². The van der Waals surface area contributed by atoms with Crippen LogP contribution in [0.1, 0.15) is 13.8 Å². The van der Waals surface area contributed by atoms with Crippen LogP contribution in [0.15, 0.2) is 21.6 Å². The Hall–Kier alpha value is -1.35. The molecular formula is C9H13N5O5S4. The number of nitrogens with one attached hydrogen (secondary N) is 3. The highest BCUT2D eigenvalue weighted by molar-refractivity contribution is 8.16. The molecule has 0 saturated heterocycles. The first-order valence-corrected chi connectivity index (χ1v) is 10.6. The number of anilines is 1. The van der Waals surface area contributed by atoms with E-state index in [2.05, 4.69) is 20.3 Å². The summed E-state index contributed by atoms with van der Waals surface area (Å²) in [5.74, 6) is -0.562. The highest BCUT2D eigenvalue weighted by Crippen LogP contribution is 2.36. The van der Waals surface area contributed by atoms with Gasteiger partial charge in [-0.3, -0.25) is 9.52 Å². The molecule has 0 bridgehead atoms. The van der Waals surface area contributed by atoms with Gasteiger partial charge in [-0.05, 0) is 12.3 Å². The van der Waals surface area contributed by atoms with Gasteiger partial charge in [-0.15, -0.1) is 0 Å². The summed E-state index contributed by atoms with van der Waals surface area (Å²) < 4.78 is 47.5. The van der Waals surface area contributed by atoms with Gasteiger partial charge in [0.25, 0.3) is 24.4 Å². The fourth-order valence-corrected chi connectivity index (χ4v) is 6.08. The van der Waals surface area contributed by atoms with E-state index >= 15 is 0 Å². The molecular weight excluding hydrogens is 386 g/mol. The van der Waals surface area contributed by atoms with E-state index in [0.29, 0.717) is 17.0 Å². The van der Waals surface area contributed by atoms with E-state index in [-0.39, 0.29) is 5.00 Å². The largest absolute Gasteiger partial charge is 0.343 e. The van der Waals surface area contributed by atoms with E-state index < -0.39 is 34.6 Å². The van der Waals surface area contributed by atoms with Crippen molar-refractivity contribution in [2.45, 2.75) is 22.5 Å². The lowest BCUT2D eigenvalue weighted by atomic mass is 10.6. The molecule has 0 aliphatic carbocycles. The predicted molar refractivity (Wildman–Crippen MR) is 87.1 cm³/mol. The van der Waals surface area contributed by atoms with Crippen LogP contribution in [-0.4, -0.2) is 32.1 Å². The summed E-state index contributed by atoms with van der Waals surface area (Å²) in [6.45, 7) is 2.82. The molecule has 0 aromatic carbocycles. The minimum atomic E-state index is -4.18. The Morgan fingerprint density at radius 3 is 2.48 bits per heavy atom. The quantitative estimate of drug-likeness (QED) is 0.514. The second-order valence-electron chi connectivity index (χ2n) is 4.48. The molecule has 10 nitrogen and oxygen atoms in total. The first kappa shape index (κ1) is 18.0. The minimum Gasteiger partial charge on any atom is -0.343 e. The molecule has 1 amide bonds. The second kappa shape index (κ2) is 5.94. The van der Waals surface area contributed by atoms with Crippen molar-refractivity contribution in [2.24, 2.45) is 5.14 Å². The molecule has 1 aromatic rings. The summed E-state index contributed by atoms with van der Waals surface area (Å²) in [6.07, 6.45) is 1.03. The Morgan fingerprint density at radius 2 is 2.04 bits per heavy atom. The van der Waals surface area contributed by atoms with E-state index in [1.54, 1.807) is 6.92 Å². The van der Waals surface area contributed by atoms with Crippen LogP contribution in [0.25, 0.3) is 0 Å². The van der Waals surface area contributed by atoms with Crippen LogP contribution in [0.5, 0.6) is 0 Å². The zero-order valence-corrected chi connectivity index (χ0v) is 15.1. The first-order chi connectivity index (χ1) is 10.5. The topological polar surface area (TPSA) is 160 Å². The molecule has 2 rings (SSSR count). The number of amides is 1. The second-order valence-corrected chi connectivity index (χ2v) is 10.4. The van der Waals surface area contributed by atoms with E-state index in [9.17, 15) is 21.6 Å². The van der Waals surface area contributed by atoms with Crippen molar-refractivity contribution in [3.05, 3.63) is 17.3 Å². The van der Waals surface area contributed by atoms with Gasteiger partial charge < -0.3 is 10.6 Å². The Labute approximate surface area is 141 Å². The van der Waals surface area contributed by atoms with Crippen LogP contribution in [-0.2, 0) is 24.8 Å². The number of aromatic nitrogens is 1. The first-order valence-electron chi connectivity index (χ1n) is 5.88. The summed E-state index contributed by atoms with van der Waals surface area (Å²) in [4.78, 5) is 14.9. The lowest BCUT2D eigenvalue weighted by Crippen LogP contribution is -2.60. The highest BCUT2D eigenvalue weighted by atomic mass is 32.3. The smallest absolute Gasteiger partial charge is 0.287 e. The van der Waals surface area contributed by atoms with Crippen LogP contribution in [0.3, 0.4) is 0 Å². The van der Waals surface area contributed by atoms with E-state index in [1.165, 1.54) is 12.3 Å². The van der Waals surface area contributed by atoms with Gasteiger partial charge in [0.15, 0.2) is 0 Å². The van der Waals surface area contributed by atoms with Crippen LogP contribution in [0.4, 0.5) is 5.00 Å². The van der Waals surface area contributed by atoms with Crippen molar-refractivity contribution in [1.82, 2.24) is 15.6 Å². The molecule has 2 heterocycles. The third kappa shape index (κ3) is 3.77. The maximum absolute atomic E-state index is 12.6. The molecule has 1 aliphatic heterocycles. The SMILES string of the molecule is CC(=O)NC1(S(=O)(=O)Nc2cnc(S(N)(=O)=O)s2)NC(C)=CS1. The maximum Gasteiger partial charge on any atom is 0.287 e. The molecule has 23 heavy (non-hydrogen) atoms. The number of thiazole rings is 1. The predicted octanol–water partition coefficient (Wildman–Crippen LogP) is -0.523. The minimum absolute atomic E-state index is 0.0503. The molecule has 1 unspecified atom stereocenters. The zero-order chi connectivity index (χ0) is 17.5. The number of nitrogens with zero attached hydrogens (tertiary/aromatic N) is 1. The van der Waals surface area contributed by atoms with Crippen LogP contribution >= 0.6 is 23.1 Å². The van der Waals surface area contributed by atoms with Gasteiger partial charge >= 0.3 is 0 Å². The van der Waals surface area contributed by atoms with Crippen molar-refractivity contribution in [3.8, 4) is 0 Å². The lowest BCUT2D eigenvalue weighted by Gasteiger charge is -2.29. The Kier molecular flexibility index (Phi) is 4.64. The maximum atomic E-state index is 12.6. The van der Waals surface area contributed by atoms with Gasteiger partial charge in [0, 0.05) is 12.6 Å². The fourth-order valence-electron chi connectivity index (χ4n) is 1.62. The van der Waals surface area contributed by atoms with Gasteiger partial charge in [-0.1, -0.05) is 23.1 Å². The van der Waals surface area contributed by atoms with Crippen LogP contribution < -0.4 is 20.5 Å². The highest BCUT2D eigenvalue weighted by Gasteiger charge is 2.48. The Bertz CT molecular complexity index is 874. The Balaban J connectivity index is 2.33. The zero-order valence-electron chi connectivity index (χ0n) is 11.9. The van der Waals surface area contributed by atoms with Crippen molar-refractivity contribution in [2.75, 3.05) is 4.72 Å². The van der Waals surface area contributed by atoms with E-state index in [0.717, 1.165) is 18.0 Å². The van der Waals surface area contributed by atoms with Gasteiger partial charge in [0.1, 0.15) is 5.00 Å². The molecule has 0 saturated carbocycles. The summed E-state index contributed by atoms with van der Waals surface area (Å²) in [5, 5.41) is 11.4. The molecule has 0 radical (unpaired) electrons. The number of hydrogen-bond donors (Lipinski definition) is 4. The summed E-state index contributed by atoms with van der Waals surface area (Å²) >= 11 is 1.41. The third-order valence-electron chi connectivity index (χ3n) is 2.45. The molecule has 128 valence electrons. The van der Waals surface area contributed by atoms with Crippen LogP contribution in [0.2, 0.25) is 0 Å². The monoisotopic (exact) mass is 399 g/mol. The fraction of sp³-hybridized carbons (Fsp3) is 0.333. The van der Waals surface area contributed by atoms with Crippen LogP contribution in [0, 0.1) is 0 Å². The van der Waals surface area contributed by atoms with Gasteiger partial charge in [-0.2, -0.15) is 0 Å². The molecule has 0 fully saturated rings. The molecule has 1 aromatic heterocycles. The van der Waals surface area contributed by atoms with Crippen molar-refractivity contribution >= 4 is 54.1 Å². The average molecular weight is 400 g/mol. The lowest BCUT2D eigenvalue weighted by molar-refractivity contribution is -0.119. The average Bonchev–Trinajstić information content (AvgIpc) is 2.95. The molecule has 5 N–H and O–H groups in total. The number of sulfonamides is 2. The Morgan fingerprint density at radius 1 is 1.39 bits per heavy atom. The van der Waals surface area contributed by atoms with Crippen molar-refractivity contribution in [1.29, 1.82) is 0 Å². The number of nitrogens with two attached hydrogens (primary N) is 1. The standard InChI is InChI=1S/C9H13N5O5S4/c1-5-4-20-9(12-5,13-6(2)15)23(18,19)14-7-3-11-8(21-7)22(10,16)17/h3-4,12,14H,1-2H3,(H,13,15)(H2,10,16,17). The number of thioether (sulfide) groups is 1. The molecule has 14 heteroatoms. The number of rotatable bonds is 5. The summed E-state index contributed by atoms with van der Waals surface area (Å²) in [5.41, 5.74) is 0.545.